The number of benzene rings is 2. The van der Waals surface area contributed by atoms with Gasteiger partial charge in [-0.3, -0.25) is 0 Å². The van der Waals surface area contributed by atoms with Gasteiger partial charge >= 0.3 is 0 Å². The zero-order valence-electron chi connectivity index (χ0n) is 12.0. The number of rotatable bonds is 4. The van der Waals surface area contributed by atoms with Gasteiger partial charge in [0.15, 0.2) is 0 Å². The summed E-state index contributed by atoms with van der Waals surface area (Å²) in [5, 5.41) is 10.8. The van der Waals surface area contributed by atoms with Crippen LogP contribution in [0.2, 0.25) is 0 Å². The Hall–Kier alpha value is -2.14. The van der Waals surface area contributed by atoms with Crippen LogP contribution < -0.4 is 9.47 Å². The topological polar surface area (TPSA) is 38.7 Å². The van der Waals surface area contributed by atoms with Crippen LogP contribution in [0.4, 0.5) is 8.78 Å². The third-order valence-corrected chi connectivity index (χ3v) is 3.37. The average Bonchev–Trinajstić information content (AvgIpc) is 2.46. The quantitative estimate of drug-likeness (QED) is 0.941. The molecule has 2 aromatic rings. The molecule has 0 bridgehead atoms. The monoisotopic (exact) mass is 294 g/mol. The van der Waals surface area contributed by atoms with Crippen molar-refractivity contribution < 1.29 is 23.4 Å². The maximum Gasteiger partial charge on any atom is 0.133 e. The van der Waals surface area contributed by atoms with Crippen molar-refractivity contribution in [3.8, 4) is 11.5 Å². The molecule has 0 aliphatic carbocycles. The van der Waals surface area contributed by atoms with E-state index in [4.69, 9.17) is 9.47 Å². The van der Waals surface area contributed by atoms with Crippen LogP contribution in [0.5, 0.6) is 11.5 Å². The summed E-state index contributed by atoms with van der Waals surface area (Å²) in [6.45, 7) is 1.37. The normalized spacial score (nSPS) is 13.6. The van der Waals surface area contributed by atoms with Crippen molar-refractivity contribution in [2.75, 3.05) is 14.2 Å². The van der Waals surface area contributed by atoms with E-state index < -0.39 is 17.2 Å². The minimum Gasteiger partial charge on any atom is -0.496 e. The molecule has 0 amide bonds. The van der Waals surface area contributed by atoms with Crippen LogP contribution in [0.3, 0.4) is 0 Å². The number of aliphatic hydroxyl groups is 1. The molecule has 0 saturated heterocycles. The summed E-state index contributed by atoms with van der Waals surface area (Å²) in [6, 6.07) is 7.90. The molecule has 0 fully saturated rings. The van der Waals surface area contributed by atoms with Crippen molar-refractivity contribution in [3.63, 3.8) is 0 Å². The molecule has 0 spiro atoms. The fourth-order valence-corrected chi connectivity index (χ4v) is 2.34. The predicted molar refractivity (Wildman–Crippen MR) is 74.6 cm³/mol. The number of hydrogen-bond donors (Lipinski definition) is 1. The number of methoxy groups -OCH3 is 2. The Morgan fingerprint density at radius 1 is 1.00 bits per heavy atom. The zero-order chi connectivity index (χ0) is 15.6. The summed E-state index contributed by atoms with van der Waals surface area (Å²) >= 11 is 0. The molecule has 2 aromatic carbocycles. The molecule has 1 unspecified atom stereocenters. The summed E-state index contributed by atoms with van der Waals surface area (Å²) in [6.07, 6.45) is 0. The molecule has 1 atom stereocenters. The highest BCUT2D eigenvalue weighted by atomic mass is 19.1. The number of hydrogen-bond acceptors (Lipinski definition) is 3. The minimum atomic E-state index is -1.82. The first-order valence-electron chi connectivity index (χ1n) is 6.31. The van der Waals surface area contributed by atoms with Gasteiger partial charge < -0.3 is 14.6 Å². The summed E-state index contributed by atoms with van der Waals surface area (Å²) < 4.78 is 37.9. The molecule has 0 heterocycles. The van der Waals surface area contributed by atoms with Gasteiger partial charge in [0.05, 0.1) is 19.8 Å². The maximum absolute atomic E-state index is 14.2. The van der Waals surface area contributed by atoms with Crippen LogP contribution >= 0.6 is 0 Å². The molecule has 1 N–H and O–H groups in total. The lowest BCUT2D eigenvalue weighted by Crippen LogP contribution is -2.26. The highest BCUT2D eigenvalue weighted by molar-refractivity contribution is 5.49. The molecular weight excluding hydrogens is 278 g/mol. The molecule has 0 aliphatic heterocycles. The Labute approximate surface area is 121 Å². The van der Waals surface area contributed by atoms with Gasteiger partial charge in [-0.2, -0.15) is 0 Å². The summed E-state index contributed by atoms with van der Waals surface area (Å²) in [5.74, 6) is -0.773. The Morgan fingerprint density at radius 3 is 2.29 bits per heavy atom. The smallest absolute Gasteiger partial charge is 0.133 e. The molecule has 21 heavy (non-hydrogen) atoms. The van der Waals surface area contributed by atoms with E-state index in [0.717, 1.165) is 6.07 Å². The Morgan fingerprint density at radius 2 is 1.67 bits per heavy atom. The van der Waals surface area contributed by atoms with Crippen LogP contribution in [-0.2, 0) is 5.60 Å². The van der Waals surface area contributed by atoms with Crippen LogP contribution in [-0.4, -0.2) is 19.3 Å². The van der Waals surface area contributed by atoms with E-state index in [-0.39, 0.29) is 22.6 Å². The molecule has 0 radical (unpaired) electrons. The van der Waals surface area contributed by atoms with Crippen LogP contribution in [0.25, 0.3) is 0 Å². The molecule has 5 heteroatoms. The van der Waals surface area contributed by atoms with Gasteiger partial charge in [0.2, 0.25) is 0 Å². The second kappa shape index (κ2) is 5.69. The van der Waals surface area contributed by atoms with Crippen molar-refractivity contribution in [1.29, 1.82) is 0 Å². The molecule has 0 saturated carbocycles. The molecule has 0 aliphatic rings. The molecule has 112 valence electrons. The molecule has 2 rings (SSSR count). The highest BCUT2D eigenvalue weighted by Gasteiger charge is 2.35. The van der Waals surface area contributed by atoms with E-state index >= 15 is 0 Å². The lowest BCUT2D eigenvalue weighted by Gasteiger charge is -2.28. The third-order valence-electron chi connectivity index (χ3n) is 3.37. The van der Waals surface area contributed by atoms with Crippen LogP contribution in [0.15, 0.2) is 36.4 Å². The Bertz CT molecular complexity index is 654. The van der Waals surface area contributed by atoms with Crippen molar-refractivity contribution in [3.05, 3.63) is 59.2 Å². The van der Waals surface area contributed by atoms with E-state index in [1.165, 1.54) is 51.5 Å². The minimum absolute atomic E-state index is 0.0728. The lowest BCUT2D eigenvalue weighted by atomic mass is 9.86. The first kappa shape index (κ1) is 15.3. The highest BCUT2D eigenvalue weighted by Crippen LogP contribution is 2.41. The molecule has 0 aromatic heterocycles. The number of ether oxygens (including phenoxy) is 2. The van der Waals surface area contributed by atoms with Crippen molar-refractivity contribution >= 4 is 0 Å². The van der Waals surface area contributed by atoms with Crippen LogP contribution in [0, 0.1) is 11.6 Å². The Balaban J connectivity index is 2.70. The SMILES string of the molecule is COc1ccc(F)cc1C(C)(O)c1c(F)cccc1OC. The van der Waals surface area contributed by atoms with Crippen molar-refractivity contribution in [2.24, 2.45) is 0 Å². The van der Waals surface area contributed by atoms with Crippen molar-refractivity contribution in [2.45, 2.75) is 12.5 Å². The van der Waals surface area contributed by atoms with Gasteiger partial charge in [-0.1, -0.05) is 6.07 Å². The second-order valence-corrected chi connectivity index (χ2v) is 4.73. The zero-order valence-corrected chi connectivity index (χ0v) is 12.0. The number of halogens is 2. The third kappa shape index (κ3) is 2.69. The lowest BCUT2D eigenvalue weighted by molar-refractivity contribution is 0.0910. The van der Waals surface area contributed by atoms with E-state index in [2.05, 4.69) is 0 Å². The van der Waals surface area contributed by atoms with Gasteiger partial charge in [0, 0.05) is 5.56 Å². The average molecular weight is 294 g/mol. The van der Waals surface area contributed by atoms with E-state index in [9.17, 15) is 13.9 Å². The van der Waals surface area contributed by atoms with Gasteiger partial charge in [-0.15, -0.1) is 0 Å². The van der Waals surface area contributed by atoms with Crippen LogP contribution in [0.1, 0.15) is 18.1 Å². The largest absolute Gasteiger partial charge is 0.496 e. The summed E-state index contributed by atoms with van der Waals surface area (Å²) in [5.41, 5.74) is -1.77. The van der Waals surface area contributed by atoms with Gasteiger partial charge in [0.25, 0.3) is 0 Å². The van der Waals surface area contributed by atoms with E-state index in [0.29, 0.717) is 0 Å². The van der Waals surface area contributed by atoms with Crippen molar-refractivity contribution in [1.82, 2.24) is 0 Å². The second-order valence-electron chi connectivity index (χ2n) is 4.73. The predicted octanol–water partition coefficient (Wildman–Crippen LogP) is 3.24. The fraction of sp³-hybridized carbons (Fsp3) is 0.250. The first-order chi connectivity index (χ1) is 9.91. The molecular formula is C16H16F2O3. The maximum atomic E-state index is 14.2. The van der Waals surface area contributed by atoms with Gasteiger partial charge in [0.1, 0.15) is 28.7 Å². The fourth-order valence-electron chi connectivity index (χ4n) is 2.34. The standard InChI is InChI=1S/C16H16F2O3/c1-16(19,11-9-10(17)7-8-13(11)20-2)15-12(18)5-4-6-14(15)21-3/h4-9,19H,1-3H3. The van der Waals surface area contributed by atoms with E-state index in [1.54, 1.807) is 0 Å². The summed E-state index contributed by atoms with van der Waals surface area (Å²) in [4.78, 5) is 0. The first-order valence-corrected chi connectivity index (χ1v) is 6.31. The van der Waals surface area contributed by atoms with Gasteiger partial charge in [-0.05, 0) is 37.3 Å². The molecule has 3 nitrogen and oxygen atoms in total. The Kier molecular flexibility index (Phi) is 4.14. The summed E-state index contributed by atoms with van der Waals surface area (Å²) in [7, 11) is 2.77. The van der Waals surface area contributed by atoms with Gasteiger partial charge in [-0.25, -0.2) is 8.78 Å². The van der Waals surface area contributed by atoms with E-state index in [1.807, 2.05) is 0 Å².